The number of nitrogens with one attached hydrogen (secondary N) is 1. The van der Waals surface area contributed by atoms with E-state index in [1.165, 1.54) is 6.07 Å². The molecular weight excluding hydrogens is 273 g/mol. The van der Waals surface area contributed by atoms with Crippen molar-refractivity contribution in [1.82, 2.24) is 0 Å². The fraction of sp³-hybridized carbons (Fsp3) is 0.0769. The van der Waals surface area contributed by atoms with E-state index in [2.05, 4.69) is 5.32 Å². The van der Waals surface area contributed by atoms with Gasteiger partial charge in [-0.3, -0.25) is 4.55 Å². The molecule has 0 aliphatic carbocycles. The second-order valence-corrected chi connectivity index (χ2v) is 5.20. The maximum atomic E-state index is 11.2. The molecule has 0 bridgehead atoms. The third kappa shape index (κ3) is 4.63. The van der Waals surface area contributed by atoms with Crippen LogP contribution in [0.3, 0.4) is 0 Å². The summed E-state index contributed by atoms with van der Waals surface area (Å²) in [4.78, 5) is -0.110. The van der Waals surface area contributed by atoms with Crippen LogP contribution in [0.15, 0.2) is 59.5 Å². The van der Waals surface area contributed by atoms with Crippen molar-refractivity contribution in [2.75, 3.05) is 5.32 Å². The SMILES string of the molecule is O=S(=O)(O)c1ccccc1NCc1ccccc1.[Na]. The van der Waals surface area contributed by atoms with E-state index < -0.39 is 10.1 Å². The van der Waals surface area contributed by atoms with Gasteiger partial charge in [-0.25, -0.2) is 0 Å². The van der Waals surface area contributed by atoms with Crippen LogP contribution >= 0.6 is 0 Å². The molecule has 2 rings (SSSR count). The second kappa shape index (κ2) is 7.07. The Labute approximate surface area is 134 Å². The molecule has 0 saturated heterocycles. The molecule has 0 amide bonds. The molecule has 2 aromatic rings. The number of para-hydroxylation sites is 1. The van der Waals surface area contributed by atoms with E-state index in [4.69, 9.17) is 4.55 Å². The molecule has 1 radical (unpaired) electrons. The Kier molecular flexibility index (Phi) is 6.03. The van der Waals surface area contributed by atoms with Crippen LogP contribution in [-0.2, 0) is 16.7 Å². The topological polar surface area (TPSA) is 66.4 Å². The van der Waals surface area contributed by atoms with Crippen LogP contribution in [0, 0.1) is 0 Å². The Morgan fingerprint density at radius 2 is 1.53 bits per heavy atom. The molecule has 0 spiro atoms. The van der Waals surface area contributed by atoms with Crippen molar-refractivity contribution in [3.8, 4) is 0 Å². The van der Waals surface area contributed by atoms with Gasteiger partial charge in [-0.05, 0) is 17.7 Å². The first-order chi connectivity index (χ1) is 8.57. The first-order valence-electron chi connectivity index (χ1n) is 5.42. The van der Waals surface area contributed by atoms with E-state index >= 15 is 0 Å². The molecule has 2 N–H and O–H groups in total. The Bertz CT molecular complexity index is 629. The van der Waals surface area contributed by atoms with Crippen molar-refractivity contribution < 1.29 is 13.0 Å². The van der Waals surface area contributed by atoms with Crippen LogP contribution in [0.2, 0.25) is 0 Å². The van der Waals surface area contributed by atoms with Crippen LogP contribution in [0.1, 0.15) is 5.56 Å². The molecule has 6 heteroatoms. The van der Waals surface area contributed by atoms with Crippen LogP contribution in [0.5, 0.6) is 0 Å². The normalized spacial score (nSPS) is 10.6. The van der Waals surface area contributed by atoms with Crippen LogP contribution < -0.4 is 5.32 Å². The first kappa shape index (κ1) is 16.2. The van der Waals surface area contributed by atoms with Crippen molar-refractivity contribution in [1.29, 1.82) is 0 Å². The molecule has 0 unspecified atom stereocenters. The van der Waals surface area contributed by atoms with Crippen LogP contribution in [0.25, 0.3) is 0 Å². The molecule has 19 heavy (non-hydrogen) atoms. The van der Waals surface area contributed by atoms with E-state index in [1.54, 1.807) is 18.2 Å². The predicted molar refractivity (Wildman–Crippen MR) is 75.8 cm³/mol. The van der Waals surface area contributed by atoms with Crippen molar-refractivity contribution in [2.45, 2.75) is 11.4 Å². The van der Waals surface area contributed by atoms with Gasteiger partial charge < -0.3 is 5.32 Å². The average molecular weight is 286 g/mol. The number of benzene rings is 2. The van der Waals surface area contributed by atoms with Crippen molar-refractivity contribution in [3.05, 3.63) is 60.2 Å². The molecule has 0 heterocycles. The van der Waals surface area contributed by atoms with E-state index in [1.807, 2.05) is 30.3 Å². The van der Waals surface area contributed by atoms with Crippen molar-refractivity contribution in [3.63, 3.8) is 0 Å². The Hall–Kier alpha value is -0.850. The molecule has 0 aliphatic heterocycles. The summed E-state index contributed by atoms with van der Waals surface area (Å²) in [6.07, 6.45) is 0. The third-order valence-corrected chi connectivity index (χ3v) is 3.40. The molecule has 0 aliphatic rings. The largest absolute Gasteiger partial charge is 0.380 e. The van der Waals surface area contributed by atoms with Gasteiger partial charge >= 0.3 is 0 Å². The maximum Gasteiger partial charge on any atom is 0.296 e. The van der Waals surface area contributed by atoms with Gasteiger partial charge in [0.2, 0.25) is 0 Å². The smallest absolute Gasteiger partial charge is 0.296 e. The summed E-state index contributed by atoms with van der Waals surface area (Å²) in [5, 5.41) is 3.00. The van der Waals surface area contributed by atoms with Gasteiger partial charge in [-0.15, -0.1) is 0 Å². The Balaban J connectivity index is 0.00000180. The number of hydrogen-bond donors (Lipinski definition) is 2. The standard InChI is InChI=1S/C13H13NO3S.Na/c15-18(16,17)13-9-5-4-8-12(13)14-10-11-6-2-1-3-7-11;/h1-9,14H,10H2,(H,15,16,17);. The fourth-order valence-corrected chi connectivity index (χ4v) is 2.30. The van der Waals surface area contributed by atoms with Crippen LogP contribution in [-0.4, -0.2) is 42.5 Å². The van der Waals surface area contributed by atoms with Gasteiger partial charge in [0.1, 0.15) is 4.90 Å². The van der Waals surface area contributed by atoms with Gasteiger partial charge in [0, 0.05) is 36.1 Å². The summed E-state index contributed by atoms with van der Waals surface area (Å²) in [6.45, 7) is 0.493. The third-order valence-electron chi connectivity index (χ3n) is 2.49. The summed E-state index contributed by atoms with van der Waals surface area (Å²) < 4.78 is 31.5. The summed E-state index contributed by atoms with van der Waals surface area (Å²) in [5.74, 6) is 0. The zero-order valence-corrected chi connectivity index (χ0v) is 13.4. The zero-order valence-electron chi connectivity index (χ0n) is 10.6. The monoisotopic (exact) mass is 286 g/mol. The molecule has 4 nitrogen and oxygen atoms in total. The molecule has 2 aromatic carbocycles. The van der Waals surface area contributed by atoms with Gasteiger partial charge in [0.15, 0.2) is 0 Å². The Morgan fingerprint density at radius 3 is 2.16 bits per heavy atom. The summed E-state index contributed by atoms with van der Waals surface area (Å²) in [6, 6.07) is 15.9. The minimum absolute atomic E-state index is 0. The maximum absolute atomic E-state index is 11.2. The summed E-state index contributed by atoms with van der Waals surface area (Å²) >= 11 is 0. The molecular formula is C13H13NNaO3S. The van der Waals surface area contributed by atoms with Crippen molar-refractivity contribution >= 4 is 45.4 Å². The summed E-state index contributed by atoms with van der Waals surface area (Å²) in [7, 11) is -4.20. The first-order valence-corrected chi connectivity index (χ1v) is 6.86. The number of hydrogen-bond acceptors (Lipinski definition) is 3. The summed E-state index contributed by atoms with van der Waals surface area (Å²) in [5.41, 5.74) is 1.42. The molecule has 0 saturated carbocycles. The van der Waals surface area contributed by atoms with E-state index in [-0.39, 0.29) is 34.5 Å². The fourth-order valence-electron chi connectivity index (χ4n) is 1.63. The quantitative estimate of drug-likeness (QED) is 0.667. The minimum atomic E-state index is -4.20. The van der Waals surface area contributed by atoms with E-state index in [9.17, 15) is 8.42 Å². The zero-order chi connectivity index (χ0) is 13.0. The van der Waals surface area contributed by atoms with Gasteiger partial charge in [-0.1, -0.05) is 42.5 Å². The predicted octanol–water partition coefficient (Wildman–Crippen LogP) is 2.16. The van der Waals surface area contributed by atoms with E-state index in [0.717, 1.165) is 5.56 Å². The number of rotatable bonds is 4. The van der Waals surface area contributed by atoms with E-state index in [0.29, 0.717) is 12.2 Å². The van der Waals surface area contributed by atoms with Crippen molar-refractivity contribution in [2.24, 2.45) is 0 Å². The number of anilines is 1. The van der Waals surface area contributed by atoms with Gasteiger partial charge in [0.25, 0.3) is 10.1 Å². The Morgan fingerprint density at radius 1 is 0.947 bits per heavy atom. The molecule has 0 atom stereocenters. The minimum Gasteiger partial charge on any atom is -0.380 e. The van der Waals surface area contributed by atoms with Crippen LogP contribution in [0.4, 0.5) is 5.69 Å². The van der Waals surface area contributed by atoms with Gasteiger partial charge in [-0.2, -0.15) is 8.42 Å². The molecule has 95 valence electrons. The average Bonchev–Trinajstić information content (AvgIpc) is 2.37. The molecule has 0 aromatic heterocycles. The molecule has 0 fully saturated rings. The van der Waals surface area contributed by atoms with Gasteiger partial charge in [0.05, 0.1) is 5.69 Å². The second-order valence-electron chi connectivity index (χ2n) is 3.81.